The molecule has 26 heavy (non-hydrogen) atoms. The van der Waals surface area contributed by atoms with Crippen molar-refractivity contribution in [3.63, 3.8) is 0 Å². The summed E-state index contributed by atoms with van der Waals surface area (Å²) in [5.74, 6) is -0.305. The van der Waals surface area contributed by atoms with Crippen LogP contribution in [0.1, 0.15) is 53.1 Å². The van der Waals surface area contributed by atoms with Crippen molar-refractivity contribution in [1.82, 2.24) is 5.06 Å². The highest BCUT2D eigenvalue weighted by atomic mass is 16.5. The molecule has 0 radical (unpaired) electrons. The molecule has 1 fully saturated rings. The zero-order valence-electron chi connectivity index (χ0n) is 14.2. The SMILES string of the molecule is N#Cc1cccc(C(=O)N(O)[C@H]2CC[C@@H](c3ccc(O)cc3O)CC2)c1. The van der Waals surface area contributed by atoms with Crippen molar-refractivity contribution in [3.05, 3.63) is 59.2 Å². The fourth-order valence-corrected chi connectivity index (χ4v) is 3.53. The van der Waals surface area contributed by atoms with Crippen LogP contribution in [-0.2, 0) is 0 Å². The van der Waals surface area contributed by atoms with Gasteiger partial charge in [-0.25, -0.2) is 5.06 Å². The highest BCUT2D eigenvalue weighted by Crippen LogP contribution is 2.39. The van der Waals surface area contributed by atoms with Crippen LogP contribution in [0.4, 0.5) is 0 Å². The number of carbonyl (C=O) groups is 1. The summed E-state index contributed by atoms with van der Waals surface area (Å²) in [6.45, 7) is 0. The lowest BCUT2D eigenvalue weighted by Crippen LogP contribution is -2.39. The zero-order chi connectivity index (χ0) is 18.7. The maximum atomic E-state index is 12.5. The molecule has 0 spiro atoms. The number of rotatable bonds is 3. The third kappa shape index (κ3) is 3.63. The molecule has 0 aromatic heterocycles. The van der Waals surface area contributed by atoms with Gasteiger partial charge in [0.15, 0.2) is 0 Å². The highest BCUT2D eigenvalue weighted by Gasteiger charge is 2.30. The van der Waals surface area contributed by atoms with Crippen molar-refractivity contribution in [3.8, 4) is 17.6 Å². The molecule has 0 unspecified atom stereocenters. The molecule has 1 saturated carbocycles. The molecule has 2 aromatic carbocycles. The predicted molar refractivity (Wildman–Crippen MR) is 93.9 cm³/mol. The smallest absolute Gasteiger partial charge is 0.277 e. The third-order valence-electron chi connectivity index (χ3n) is 4.94. The van der Waals surface area contributed by atoms with Crippen LogP contribution in [0.25, 0.3) is 0 Å². The predicted octanol–water partition coefficient (Wildman–Crippen LogP) is 3.53. The van der Waals surface area contributed by atoms with E-state index in [4.69, 9.17) is 5.26 Å². The number of amides is 1. The number of phenolic OH excluding ortho intramolecular Hbond substituents is 2. The van der Waals surface area contributed by atoms with E-state index in [0.717, 1.165) is 10.6 Å². The minimum Gasteiger partial charge on any atom is -0.508 e. The molecule has 3 rings (SSSR count). The van der Waals surface area contributed by atoms with Crippen LogP contribution in [-0.4, -0.2) is 32.4 Å². The number of carbonyl (C=O) groups excluding carboxylic acids is 1. The lowest BCUT2D eigenvalue weighted by Gasteiger charge is -2.33. The first-order chi connectivity index (χ1) is 12.5. The van der Waals surface area contributed by atoms with E-state index in [-0.39, 0.29) is 29.0 Å². The van der Waals surface area contributed by atoms with E-state index in [2.05, 4.69) is 0 Å². The summed E-state index contributed by atoms with van der Waals surface area (Å²) in [7, 11) is 0. The number of benzene rings is 2. The van der Waals surface area contributed by atoms with Gasteiger partial charge in [0.05, 0.1) is 17.7 Å². The molecule has 0 bridgehead atoms. The first-order valence-electron chi connectivity index (χ1n) is 8.54. The van der Waals surface area contributed by atoms with Crippen LogP contribution in [0.5, 0.6) is 11.5 Å². The standard InChI is InChI=1S/C20H20N2O4/c21-12-13-2-1-3-15(10-13)20(25)22(26)16-6-4-14(5-7-16)18-9-8-17(23)11-19(18)24/h1-3,8-11,14,16,23-24,26H,4-7H2/t14-,16+. The summed E-state index contributed by atoms with van der Waals surface area (Å²) in [6.07, 6.45) is 2.63. The maximum absolute atomic E-state index is 12.5. The average Bonchev–Trinajstić information content (AvgIpc) is 2.67. The topological polar surface area (TPSA) is 105 Å². The third-order valence-corrected chi connectivity index (χ3v) is 4.94. The molecule has 6 heteroatoms. The van der Waals surface area contributed by atoms with Gasteiger partial charge in [0.25, 0.3) is 5.91 Å². The van der Waals surface area contributed by atoms with Crippen LogP contribution in [0, 0.1) is 11.3 Å². The summed E-state index contributed by atoms with van der Waals surface area (Å²) in [4.78, 5) is 12.5. The van der Waals surface area contributed by atoms with Gasteiger partial charge in [-0.1, -0.05) is 12.1 Å². The molecule has 0 aliphatic heterocycles. The second-order valence-corrected chi connectivity index (χ2v) is 6.59. The van der Waals surface area contributed by atoms with Gasteiger partial charge < -0.3 is 10.2 Å². The van der Waals surface area contributed by atoms with E-state index in [9.17, 15) is 20.2 Å². The van der Waals surface area contributed by atoms with Gasteiger partial charge in [0.2, 0.25) is 0 Å². The van der Waals surface area contributed by atoms with E-state index >= 15 is 0 Å². The molecular weight excluding hydrogens is 332 g/mol. The summed E-state index contributed by atoms with van der Waals surface area (Å²) in [5.41, 5.74) is 1.43. The molecule has 3 N–H and O–H groups in total. The van der Waals surface area contributed by atoms with Crippen LogP contribution in [0.3, 0.4) is 0 Å². The fourth-order valence-electron chi connectivity index (χ4n) is 3.53. The van der Waals surface area contributed by atoms with E-state index in [0.29, 0.717) is 31.2 Å². The van der Waals surface area contributed by atoms with Crippen molar-refractivity contribution >= 4 is 5.91 Å². The van der Waals surface area contributed by atoms with Gasteiger partial charge in [0.1, 0.15) is 11.5 Å². The monoisotopic (exact) mass is 352 g/mol. The first-order valence-corrected chi connectivity index (χ1v) is 8.54. The minimum atomic E-state index is -0.516. The molecule has 0 atom stereocenters. The molecule has 134 valence electrons. The summed E-state index contributed by atoms with van der Waals surface area (Å²) in [6, 6.07) is 12.5. The molecule has 0 saturated heterocycles. The molecule has 0 heterocycles. The first kappa shape index (κ1) is 17.8. The lowest BCUT2D eigenvalue weighted by atomic mass is 9.81. The number of nitriles is 1. The second kappa shape index (κ2) is 7.46. The molecule has 1 aliphatic rings. The number of phenols is 2. The second-order valence-electron chi connectivity index (χ2n) is 6.59. The quantitative estimate of drug-likeness (QED) is 0.579. The minimum absolute atomic E-state index is 0.0201. The Labute approximate surface area is 151 Å². The molecule has 6 nitrogen and oxygen atoms in total. The number of aromatic hydroxyl groups is 2. The summed E-state index contributed by atoms with van der Waals surface area (Å²) in [5, 5.41) is 39.4. The Morgan fingerprint density at radius 1 is 1.08 bits per heavy atom. The Kier molecular flexibility index (Phi) is 5.10. The van der Waals surface area contributed by atoms with Gasteiger partial charge >= 0.3 is 0 Å². The van der Waals surface area contributed by atoms with Crippen LogP contribution >= 0.6 is 0 Å². The van der Waals surface area contributed by atoms with Gasteiger partial charge in [-0.05, 0) is 61.4 Å². The largest absolute Gasteiger partial charge is 0.508 e. The van der Waals surface area contributed by atoms with Crippen LogP contribution in [0.2, 0.25) is 0 Å². The zero-order valence-corrected chi connectivity index (χ0v) is 14.2. The fraction of sp³-hybridized carbons (Fsp3) is 0.300. The van der Waals surface area contributed by atoms with Crippen LogP contribution in [0.15, 0.2) is 42.5 Å². The summed E-state index contributed by atoms with van der Waals surface area (Å²) < 4.78 is 0. The van der Waals surface area contributed by atoms with Crippen LogP contribution < -0.4 is 0 Å². The van der Waals surface area contributed by atoms with Crippen molar-refractivity contribution in [2.75, 3.05) is 0 Å². The van der Waals surface area contributed by atoms with E-state index in [1.165, 1.54) is 12.1 Å². The number of nitrogens with zero attached hydrogens (tertiary/aromatic N) is 2. The van der Waals surface area contributed by atoms with Crippen molar-refractivity contribution in [1.29, 1.82) is 5.26 Å². The molecular formula is C20H20N2O4. The Bertz CT molecular complexity index is 851. The van der Waals surface area contributed by atoms with Gasteiger partial charge in [-0.2, -0.15) is 5.26 Å². The van der Waals surface area contributed by atoms with Gasteiger partial charge in [-0.3, -0.25) is 10.0 Å². The number of hydrogen-bond donors (Lipinski definition) is 3. The molecule has 1 aliphatic carbocycles. The van der Waals surface area contributed by atoms with Gasteiger partial charge in [-0.15, -0.1) is 0 Å². The summed E-state index contributed by atoms with van der Waals surface area (Å²) >= 11 is 0. The maximum Gasteiger partial charge on any atom is 0.277 e. The van der Waals surface area contributed by atoms with E-state index in [1.807, 2.05) is 6.07 Å². The van der Waals surface area contributed by atoms with E-state index < -0.39 is 5.91 Å². The lowest BCUT2D eigenvalue weighted by molar-refractivity contribution is -0.0974. The number of hydroxylamine groups is 2. The molecule has 2 aromatic rings. The Morgan fingerprint density at radius 3 is 2.46 bits per heavy atom. The Hall–Kier alpha value is -3.04. The van der Waals surface area contributed by atoms with Gasteiger partial charge in [0, 0.05) is 11.6 Å². The molecule has 1 amide bonds. The van der Waals surface area contributed by atoms with Crippen molar-refractivity contribution in [2.45, 2.75) is 37.6 Å². The highest BCUT2D eigenvalue weighted by molar-refractivity contribution is 5.94. The van der Waals surface area contributed by atoms with Crippen molar-refractivity contribution < 1.29 is 20.2 Å². The Morgan fingerprint density at radius 2 is 1.81 bits per heavy atom. The van der Waals surface area contributed by atoms with Crippen molar-refractivity contribution in [2.24, 2.45) is 0 Å². The Balaban J connectivity index is 1.65. The van der Waals surface area contributed by atoms with E-state index in [1.54, 1.807) is 30.3 Å². The average molecular weight is 352 g/mol. The normalized spacial score (nSPS) is 19.5. The number of hydrogen-bond acceptors (Lipinski definition) is 5.